The number of carbonyl (C=O) groups is 2. The maximum atomic E-state index is 12.3. The average molecular weight is 328 g/mol. The third-order valence-electron chi connectivity index (χ3n) is 3.65. The molecule has 0 spiro atoms. The van der Waals surface area contributed by atoms with Crippen molar-refractivity contribution in [3.8, 4) is 5.75 Å². The van der Waals surface area contributed by atoms with Crippen molar-refractivity contribution in [3.63, 3.8) is 0 Å². The van der Waals surface area contributed by atoms with Gasteiger partial charge in [-0.05, 0) is 25.1 Å². The van der Waals surface area contributed by atoms with E-state index >= 15 is 0 Å². The van der Waals surface area contributed by atoms with Gasteiger partial charge in [-0.1, -0.05) is 12.1 Å². The van der Waals surface area contributed by atoms with Gasteiger partial charge in [-0.2, -0.15) is 0 Å². The van der Waals surface area contributed by atoms with Crippen molar-refractivity contribution in [2.24, 2.45) is 5.73 Å². The zero-order chi connectivity index (χ0) is 15.2. The van der Waals surface area contributed by atoms with Crippen LogP contribution in [-0.2, 0) is 4.79 Å². The summed E-state index contributed by atoms with van der Waals surface area (Å²) in [4.78, 5) is 27.6. The molecule has 2 rings (SSSR count). The Labute approximate surface area is 136 Å². The van der Waals surface area contributed by atoms with Crippen LogP contribution in [0.25, 0.3) is 0 Å². The number of phenolic OH excluding ortho intramolecular Hbond substituents is 1. The van der Waals surface area contributed by atoms with Crippen LogP contribution in [0.5, 0.6) is 5.75 Å². The predicted octanol–water partition coefficient (Wildman–Crippen LogP) is 0.837. The number of nitrogens with two attached hydrogens (primary N) is 1. The van der Waals surface area contributed by atoms with Gasteiger partial charge in [-0.25, -0.2) is 0 Å². The number of benzene rings is 1. The van der Waals surface area contributed by atoms with E-state index in [0.29, 0.717) is 51.1 Å². The molecule has 6 nitrogen and oxygen atoms in total. The Morgan fingerprint density at radius 3 is 2.27 bits per heavy atom. The van der Waals surface area contributed by atoms with Crippen LogP contribution in [0.4, 0.5) is 0 Å². The van der Waals surface area contributed by atoms with Gasteiger partial charge in [-0.3, -0.25) is 9.59 Å². The molecular formula is C15H22ClN3O3. The fraction of sp³-hybridized carbons (Fsp3) is 0.467. The molecule has 22 heavy (non-hydrogen) atoms. The molecule has 1 saturated heterocycles. The highest BCUT2D eigenvalue weighted by Gasteiger charge is 2.25. The zero-order valence-corrected chi connectivity index (χ0v) is 13.2. The Kier molecular flexibility index (Phi) is 7.14. The van der Waals surface area contributed by atoms with Crippen molar-refractivity contribution in [2.45, 2.75) is 12.8 Å². The highest BCUT2D eigenvalue weighted by molar-refractivity contribution is 5.97. The van der Waals surface area contributed by atoms with Crippen molar-refractivity contribution in [1.82, 2.24) is 9.80 Å². The number of hydrogen-bond donors (Lipinski definition) is 2. The number of hydrogen-bond acceptors (Lipinski definition) is 4. The monoisotopic (exact) mass is 327 g/mol. The Bertz CT molecular complexity index is 517. The van der Waals surface area contributed by atoms with Crippen LogP contribution in [0.3, 0.4) is 0 Å². The van der Waals surface area contributed by atoms with Crippen LogP contribution in [0, 0.1) is 0 Å². The minimum absolute atomic E-state index is 0. The molecule has 0 radical (unpaired) electrons. The zero-order valence-electron chi connectivity index (χ0n) is 12.4. The molecular weight excluding hydrogens is 306 g/mol. The minimum Gasteiger partial charge on any atom is -0.507 e. The van der Waals surface area contributed by atoms with Crippen LogP contribution in [-0.4, -0.2) is 59.4 Å². The van der Waals surface area contributed by atoms with E-state index in [1.165, 1.54) is 6.07 Å². The van der Waals surface area contributed by atoms with E-state index in [1.807, 2.05) is 0 Å². The molecule has 2 amide bonds. The van der Waals surface area contributed by atoms with Crippen molar-refractivity contribution >= 4 is 24.2 Å². The molecule has 0 aliphatic carbocycles. The van der Waals surface area contributed by atoms with Gasteiger partial charge >= 0.3 is 0 Å². The van der Waals surface area contributed by atoms with Crippen molar-refractivity contribution in [1.29, 1.82) is 0 Å². The lowest BCUT2D eigenvalue weighted by molar-refractivity contribution is -0.132. The molecule has 1 fully saturated rings. The number of para-hydroxylation sites is 1. The summed E-state index contributed by atoms with van der Waals surface area (Å²) in [6.07, 6.45) is 1.15. The van der Waals surface area contributed by atoms with Gasteiger partial charge in [0.25, 0.3) is 5.91 Å². The lowest BCUT2D eigenvalue weighted by Gasteiger charge is -2.35. The van der Waals surface area contributed by atoms with E-state index in [1.54, 1.807) is 28.0 Å². The van der Waals surface area contributed by atoms with Gasteiger partial charge in [0.15, 0.2) is 0 Å². The second-order valence-corrected chi connectivity index (χ2v) is 5.08. The van der Waals surface area contributed by atoms with E-state index in [9.17, 15) is 14.7 Å². The van der Waals surface area contributed by atoms with Crippen LogP contribution < -0.4 is 5.73 Å². The maximum Gasteiger partial charge on any atom is 0.257 e. The first-order chi connectivity index (χ1) is 10.1. The summed E-state index contributed by atoms with van der Waals surface area (Å²) < 4.78 is 0. The van der Waals surface area contributed by atoms with E-state index in [4.69, 9.17) is 5.73 Å². The van der Waals surface area contributed by atoms with Gasteiger partial charge < -0.3 is 20.6 Å². The molecule has 122 valence electrons. The topological polar surface area (TPSA) is 86.9 Å². The highest BCUT2D eigenvalue weighted by Crippen LogP contribution is 2.18. The minimum atomic E-state index is -0.192. The summed E-state index contributed by atoms with van der Waals surface area (Å²) in [5, 5.41) is 9.73. The van der Waals surface area contributed by atoms with Gasteiger partial charge in [-0.15, -0.1) is 12.4 Å². The third kappa shape index (κ3) is 4.35. The molecule has 0 bridgehead atoms. The second-order valence-electron chi connectivity index (χ2n) is 5.08. The van der Waals surface area contributed by atoms with Gasteiger partial charge in [0, 0.05) is 32.6 Å². The largest absolute Gasteiger partial charge is 0.507 e. The fourth-order valence-corrected chi connectivity index (χ4v) is 2.40. The van der Waals surface area contributed by atoms with Crippen LogP contribution >= 0.6 is 12.4 Å². The van der Waals surface area contributed by atoms with E-state index in [-0.39, 0.29) is 30.0 Å². The Morgan fingerprint density at radius 2 is 1.68 bits per heavy atom. The van der Waals surface area contributed by atoms with Crippen LogP contribution in [0.2, 0.25) is 0 Å². The molecule has 1 aliphatic heterocycles. The summed E-state index contributed by atoms with van der Waals surface area (Å²) in [7, 11) is 0. The molecule has 7 heteroatoms. The number of nitrogens with zero attached hydrogens (tertiary/aromatic N) is 2. The summed E-state index contributed by atoms with van der Waals surface area (Å²) in [6.45, 7) is 2.55. The lowest BCUT2D eigenvalue weighted by Crippen LogP contribution is -2.50. The van der Waals surface area contributed by atoms with Gasteiger partial charge in [0.1, 0.15) is 5.75 Å². The van der Waals surface area contributed by atoms with Crippen LogP contribution in [0.15, 0.2) is 24.3 Å². The molecule has 1 aliphatic rings. The fourth-order valence-electron chi connectivity index (χ4n) is 2.40. The number of carbonyl (C=O) groups excluding carboxylic acids is 2. The number of halogens is 1. The summed E-state index contributed by atoms with van der Waals surface area (Å²) in [5.74, 6) is -0.110. The van der Waals surface area contributed by atoms with Gasteiger partial charge in [0.05, 0.1) is 5.56 Å². The standard InChI is InChI=1S/C15H21N3O3.ClH/c16-7-3-6-14(20)17-8-10-18(11-9-17)15(21)12-4-1-2-5-13(12)19;/h1-2,4-5,19H,3,6-11,16H2;1H. The first-order valence-electron chi connectivity index (χ1n) is 7.18. The number of piperazine rings is 1. The predicted molar refractivity (Wildman–Crippen MR) is 86.1 cm³/mol. The van der Waals surface area contributed by atoms with Crippen LogP contribution in [0.1, 0.15) is 23.2 Å². The normalized spacial score (nSPS) is 14.4. The third-order valence-corrected chi connectivity index (χ3v) is 3.65. The number of rotatable bonds is 4. The molecule has 0 saturated carbocycles. The number of aromatic hydroxyl groups is 1. The van der Waals surface area contributed by atoms with Crippen molar-refractivity contribution in [3.05, 3.63) is 29.8 Å². The summed E-state index contributed by atoms with van der Waals surface area (Å²) in [5.41, 5.74) is 5.71. The molecule has 1 aromatic carbocycles. The highest BCUT2D eigenvalue weighted by atomic mass is 35.5. The van der Waals surface area contributed by atoms with Gasteiger partial charge in [0.2, 0.25) is 5.91 Å². The quantitative estimate of drug-likeness (QED) is 0.858. The van der Waals surface area contributed by atoms with E-state index in [2.05, 4.69) is 0 Å². The Hall–Kier alpha value is -1.79. The number of phenols is 1. The first-order valence-corrected chi connectivity index (χ1v) is 7.18. The summed E-state index contributed by atoms with van der Waals surface area (Å²) >= 11 is 0. The molecule has 0 aromatic heterocycles. The maximum absolute atomic E-state index is 12.3. The van der Waals surface area contributed by atoms with E-state index in [0.717, 1.165) is 0 Å². The molecule has 0 unspecified atom stereocenters. The molecule has 3 N–H and O–H groups in total. The Balaban J connectivity index is 0.00000242. The van der Waals surface area contributed by atoms with E-state index < -0.39 is 0 Å². The smallest absolute Gasteiger partial charge is 0.257 e. The van der Waals surface area contributed by atoms with Crippen molar-refractivity contribution in [2.75, 3.05) is 32.7 Å². The summed E-state index contributed by atoms with van der Waals surface area (Å²) in [6, 6.07) is 6.51. The average Bonchev–Trinajstić information content (AvgIpc) is 2.52. The first kappa shape index (κ1) is 18.3. The Morgan fingerprint density at radius 1 is 1.09 bits per heavy atom. The molecule has 1 aromatic rings. The second kappa shape index (κ2) is 8.60. The SMILES string of the molecule is Cl.NCCCC(=O)N1CCN(C(=O)c2ccccc2O)CC1. The van der Waals surface area contributed by atoms with Crippen molar-refractivity contribution < 1.29 is 14.7 Å². The number of amides is 2. The lowest BCUT2D eigenvalue weighted by atomic mass is 10.1. The molecule has 0 atom stereocenters. The molecule has 1 heterocycles.